The van der Waals surface area contributed by atoms with Gasteiger partial charge in [-0.2, -0.15) is 0 Å². The topological polar surface area (TPSA) is 63.3 Å². The van der Waals surface area contributed by atoms with E-state index < -0.39 is 11.5 Å². The zero-order valence-electron chi connectivity index (χ0n) is 8.96. The van der Waals surface area contributed by atoms with Crippen molar-refractivity contribution in [3.05, 3.63) is 0 Å². The second kappa shape index (κ2) is 4.78. The number of unbranched alkanes of at least 4 members (excludes halogenated alkanes) is 4. The van der Waals surface area contributed by atoms with E-state index in [1.807, 2.05) is 0 Å². The van der Waals surface area contributed by atoms with Gasteiger partial charge in [-0.15, -0.1) is 0 Å². The van der Waals surface area contributed by atoms with Crippen LogP contribution < -0.4 is 5.73 Å². The van der Waals surface area contributed by atoms with Crippen LogP contribution in [0.4, 0.5) is 0 Å². The molecule has 14 heavy (non-hydrogen) atoms. The second-order valence-electron chi connectivity index (χ2n) is 4.45. The molecule has 3 nitrogen and oxygen atoms in total. The Morgan fingerprint density at radius 2 is 2.07 bits per heavy atom. The average molecular weight is 199 g/mol. The molecular formula is C11H21NO2. The highest BCUT2D eigenvalue weighted by molar-refractivity contribution is 5.82. The SMILES string of the molecule is CCCCCCCC1C[C@]1(N)C(=O)O. The molecule has 0 saturated heterocycles. The van der Waals surface area contributed by atoms with E-state index in [9.17, 15) is 4.79 Å². The zero-order chi connectivity index (χ0) is 10.6. The van der Waals surface area contributed by atoms with Gasteiger partial charge < -0.3 is 10.8 Å². The van der Waals surface area contributed by atoms with Gasteiger partial charge in [-0.3, -0.25) is 4.79 Å². The minimum atomic E-state index is -0.870. The molecule has 1 unspecified atom stereocenters. The van der Waals surface area contributed by atoms with Crippen LogP contribution in [0.5, 0.6) is 0 Å². The highest BCUT2D eigenvalue weighted by Gasteiger charge is 2.56. The third kappa shape index (κ3) is 2.71. The molecule has 0 aromatic heterocycles. The standard InChI is InChI=1S/C11H21NO2/c1-2-3-4-5-6-7-9-8-11(9,12)10(13)14/h9H,2-8,12H2,1H3,(H,13,14)/t9?,11-/m1/s1. The summed E-state index contributed by atoms with van der Waals surface area (Å²) in [4.78, 5) is 10.7. The largest absolute Gasteiger partial charge is 0.480 e. The molecular weight excluding hydrogens is 178 g/mol. The molecule has 0 bridgehead atoms. The van der Waals surface area contributed by atoms with Gasteiger partial charge in [0.25, 0.3) is 0 Å². The quantitative estimate of drug-likeness (QED) is 0.617. The predicted molar refractivity (Wildman–Crippen MR) is 56.0 cm³/mol. The van der Waals surface area contributed by atoms with Gasteiger partial charge in [-0.05, 0) is 18.8 Å². The van der Waals surface area contributed by atoms with Gasteiger partial charge in [0.15, 0.2) is 0 Å². The van der Waals surface area contributed by atoms with Crippen LogP contribution in [0.25, 0.3) is 0 Å². The number of hydrogen-bond donors (Lipinski definition) is 2. The Hall–Kier alpha value is -0.570. The third-order valence-electron chi connectivity index (χ3n) is 3.21. The number of nitrogens with two attached hydrogens (primary N) is 1. The first kappa shape index (κ1) is 11.5. The molecule has 2 atom stereocenters. The van der Waals surface area contributed by atoms with Gasteiger partial charge in [-0.25, -0.2) is 0 Å². The van der Waals surface area contributed by atoms with E-state index in [-0.39, 0.29) is 5.92 Å². The van der Waals surface area contributed by atoms with Crippen LogP contribution in [0.1, 0.15) is 51.9 Å². The predicted octanol–water partition coefficient (Wildman–Crippen LogP) is 2.15. The first-order chi connectivity index (χ1) is 6.61. The van der Waals surface area contributed by atoms with Crippen molar-refractivity contribution in [2.75, 3.05) is 0 Å². The zero-order valence-corrected chi connectivity index (χ0v) is 8.96. The van der Waals surface area contributed by atoms with Crippen molar-refractivity contribution in [2.24, 2.45) is 11.7 Å². The Labute approximate surface area is 85.7 Å². The summed E-state index contributed by atoms with van der Waals surface area (Å²) in [5, 5.41) is 8.80. The summed E-state index contributed by atoms with van der Waals surface area (Å²) in [6.07, 6.45) is 7.84. The fourth-order valence-corrected chi connectivity index (χ4v) is 1.96. The molecule has 0 aromatic carbocycles. The van der Waals surface area contributed by atoms with Gasteiger partial charge in [0.05, 0.1) is 0 Å². The van der Waals surface area contributed by atoms with Gasteiger partial charge in [0.1, 0.15) is 5.54 Å². The maximum Gasteiger partial charge on any atom is 0.323 e. The molecule has 1 fully saturated rings. The van der Waals surface area contributed by atoms with Crippen molar-refractivity contribution in [3.63, 3.8) is 0 Å². The minimum absolute atomic E-state index is 0.238. The van der Waals surface area contributed by atoms with E-state index in [0.29, 0.717) is 6.42 Å². The molecule has 1 aliphatic rings. The molecule has 82 valence electrons. The van der Waals surface area contributed by atoms with Crippen LogP contribution in [-0.4, -0.2) is 16.6 Å². The average Bonchev–Trinajstić information content (AvgIpc) is 2.79. The maximum atomic E-state index is 10.7. The molecule has 3 heteroatoms. The third-order valence-corrected chi connectivity index (χ3v) is 3.21. The summed E-state index contributed by atoms with van der Waals surface area (Å²) in [6, 6.07) is 0. The first-order valence-electron chi connectivity index (χ1n) is 5.63. The molecule has 3 N–H and O–H groups in total. The number of aliphatic carboxylic acids is 1. The van der Waals surface area contributed by atoms with Gasteiger partial charge in [0.2, 0.25) is 0 Å². The summed E-state index contributed by atoms with van der Waals surface area (Å²) in [6.45, 7) is 2.19. The fraction of sp³-hybridized carbons (Fsp3) is 0.909. The number of carboxylic acids is 1. The normalized spacial score (nSPS) is 30.3. The van der Waals surface area contributed by atoms with E-state index in [1.165, 1.54) is 25.7 Å². The molecule has 1 rings (SSSR count). The minimum Gasteiger partial charge on any atom is -0.480 e. The van der Waals surface area contributed by atoms with Gasteiger partial charge in [0, 0.05) is 0 Å². The molecule has 0 heterocycles. The molecule has 1 saturated carbocycles. The van der Waals surface area contributed by atoms with E-state index in [4.69, 9.17) is 10.8 Å². The van der Waals surface area contributed by atoms with Crippen molar-refractivity contribution >= 4 is 5.97 Å². The molecule has 0 spiro atoms. The van der Waals surface area contributed by atoms with Crippen LogP contribution in [0.2, 0.25) is 0 Å². The monoisotopic (exact) mass is 199 g/mol. The Balaban J connectivity index is 2.03. The van der Waals surface area contributed by atoms with Crippen LogP contribution in [0, 0.1) is 5.92 Å². The number of hydrogen-bond acceptors (Lipinski definition) is 2. The first-order valence-corrected chi connectivity index (χ1v) is 5.63. The maximum absolute atomic E-state index is 10.7. The Bertz CT molecular complexity index is 205. The summed E-state index contributed by atoms with van der Waals surface area (Å²) in [5.74, 6) is -0.585. The van der Waals surface area contributed by atoms with Crippen LogP contribution in [-0.2, 0) is 4.79 Å². The Morgan fingerprint density at radius 1 is 1.43 bits per heavy atom. The molecule has 0 amide bonds. The number of rotatable bonds is 7. The van der Waals surface area contributed by atoms with Gasteiger partial charge in [-0.1, -0.05) is 39.0 Å². The van der Waals surface area contributed by atoms with Crippen molar-refractivity contribution in [1.82, 2.24) is 0 Å². The summed E-state index contributed by atoms with van der Waals surface area (Å²) < 4.78 is 0. The highest BCUT2D eigenvalue weighted by Crippen LogP contribution is 2.44. The fourth-order valence-electron chi connectivity index (χ4n) is 1.96. The van der Waals surface area contributed by atoms with Crippen LogP contribution >= 0.6 is 0 Å². The molecule has 0 radical (unpaired) electrons. The van der Waals surface area contributed by atoms with E-state index in [2.05, 4.69) is 6.92 Å². The summed E-state index contributed by atoms with van der Waals surface area (Å²) >= 11 is 0. The second-order valence-corrected chi connectivity index (χ2v) is 4.45. The lowest BCUT2D eigenvalue weighted by molar-refractivity contribution is -0.140. The number of carbonyl (C=O) groups is 1. The van der Waals surface area contributed by atoms with Crippen molar-refractivity contribution in [2.45, 2.75) is 57.4 Å². The Morgan fingerprint density at radius 3 is 2.57 bits per heavy atom. The van der Waals surface area contributed by atoms with Crippen molar-refractivity contribution in [3.8, 4) is 0 Å². The van der Waals surface area contributed by atoms with E-state index in [1.54, 1.807) is 0 Å². The lowest BCUT2D eigenvalue weighted by Gasteiger charge is -2.04. The van der Waals surface area contributed by atoms with Crippen molar-refractivity contribution < 1.29 is 9.90 Å². The van der Waals surface area contributed by atoms with Crippen LogP contribution in [0.3, 0.4) is 0 Å². The van der Waals surface area contributed by atoms with Crippen LogP contribution in [0.15, 0.2) is 0 Å². The van der Waals surface area contributed by atoms with E-state index >= 15 is 0 Å². The summed E-state index contributed by atoms with van der Waals surface area (Å²) in [7, 11) is 0. The molecule has 1 aliphatic carbocycles. The van der Waals surface area contributed by atoms with E-state index in [0.717, 1.165) is 12.8 Å². The van der Waals surface area contributed by atoms with Crippen molar-refractivity contribution in [1.29, 1.82) is 0 Å². The Kier molecular flexibility index (Phi) is 3.93. The number of carboxylic acid groups (broad SMARTS) is 1. The lowest BCUT2D eigenvalue weighted by Crippen LogP contribution is -2.35. The molecule has 0 aliphatic heterocycles. The lowest BCUT2D eigenvalue weighted by atomic mass is 10.1. The summed E-state index contributed by atoms with van der Waals surface area (Å²) in [5.41, 5.74) is 4.80. The van der Waals surface area contributed by atoms with Gasteiger partial charge >= 0.3 is 5.97 Å². The molecule has 0 aromatic rings. The highest BCUT2D eigenvalue weighted by atomic mass is 16.4. The smallest absolute Gasteiger partial charge is 0.323 e.